The molecule has 0 bridgehead atoms. The fourth-order valence-corrected chi connectivity index (χ4v) is 3.83. The third-order valence-corrected chi connectivity index (χ3v) is 5.36. The molecule has 3 atom stereocenters. The van der Waals surface area contributed by atoms with Crippen molar-refractivity contribution < 1.29 is 19.4 Å². The number of morpholine rings is 1. The summed E-state index contributed by atoms with van der Waals surface area (Å²) < 4.78 is 5.89. The van der Waals surface area contributed by atoms with Crippen LogP contribution in [0.3, 0.4) is 0 Å². The molecule has 1 aliphatic heterocycles. The van der Waals surface area contributed by atoms with Gasteiger partial charge in [0.25, 0.3) is 0 Å². The van der Waals surface area contributed by atoms with Gasteiger partial charge in [-0.2, -0.15) is 0 Å². The maximum Gasteiger partial charge on any atom is 0.326 e. The van der Waals surface area contributed by atoms with E-state index in [4.69, 9.17) is 27.9 Å². The van der Waals surface area contributed by atoms with Crippen LogP contribution in [0.2, 0.25) is 10.0 Å². The molecule has 1 amide bonds. The Morgan fingerprint density at radius 1 is 1.11 bits per heavy atom. The number of ether oxygens (including phenoxy) is 1. The van der Waals surface area contributed by atoms with Gasteiger partial charge in [-0.05, 0) is 41.8 Å². The summed E-state index contributed by atoms with van der Waals surface area (Å²) >= 11 is 12.0. The second kappa shape index (κ2) is 8.95. The standard InChI is InChI=1S/C21H21Cl2NO4/c1-2-3-17(21(26)27)24-18(25)12-28-20(14-6-10-16(23)11-7-14)19(24)13-4-8-15(22)9-5-13/h4-11,17,19-20H,2-3,12H2,1H3,(H,26,27)/t17-,19-,20+/m1/s1. The van der Waals surface area contributed by atoms with Crippen LogP contribution in [-0.4, -0.2) is 34.5 Å². The maximum absolute atomic E-state index is 12.8. The summed E-state index contributed by atoms with van der Waals surface area (Å²) in [6.07, 6.45) is 0.480. The SMILES string of the molecule is CCC[C@H](C(=O)O)N1C(=O)CO[C@@H](c2ccc(Cl)cc2)[C@H]1c1ccc(Cl)cc1. The number of benzene rings is 2. The predicted octanol–water partition coefficient (Wildman–Crippen LogP) is 4.89. The van der Waals surface area contributed by atoms with Crippen molar-refractivity contribution in [3.05, 3.63) is 69.7 Å². The van der Waals surface area contributed by atoms with E-state index in [1.807, 2.05) is 19.1 Å². The van der Waals surface area contributed by atoms with Crippen LogP contribution in [0.1, 0.15) is 43.0 Å². The van der Waals surface area contributed by atoms with Crippen LogP contribution in [0, 0.1) is 0 Å². The molecule has 1 heterocycles. The van der Waals surface area contributed by atoms with Gasteiger partial charge in [0.05, 0.1) is 6.04 Å². The molecular formula is C21H21Cl2NO4. The first-order chi connectivity index (χ1) is 13.4. The largest absolute Gasteiger partial charge is 0.480 e. The molecule has 0 saturated carbocycles. The number of rotatable bonds is 6. The Morgan fingerprint density at radius 2 is 1.64 bits per heavy atom. The molecule has 148 valence electrons. The van der Waals surface area contributed by atoms with Crippen LogP contribution >= 0.6 is 23.2 Å². The second-order valence-electron chi connectivity index (χ2n) is 6.72. The number of nitrogens with zero attached hydrogens (tertiary/aromatic N) is 1. The average Bonchev–Trinajstić information content (AvgIpc) is 2.67. The van der Waals surface area contributed by atoms with Gasteiger partial charge in [0.2, 0.25) is 5.91 Å². The number of hydrogen-bond acceptors (Lipinski definition) is 3. The summed E-state index contributed by atoms with van der Waals surface area (Å²) in [5.41, 5.74) is 1.59. The molecule has 5 nitrogen and oxygen atoms in total. The Bertz CT molecular complexity index is 838. The summed E-state index contributed by atoms with van der Waals surface area (Å²) in [6, 6.07) is 12.7. The van der Waals surface area contributed by atoms with Gasteiger partial charge in [-0.25, -0.2) is 4.79 Å². The smallest absolute Gasteiger partial charge is 0.326 e. The molecule has 0 spiro atoms. The number of aliphatic carboxylic acids is 1. The molecule has 1 saturated heterocycles. The topological polar surface area (TPSA) is 66.8 Å². The first-order valence-corrected chi connectivity index (χ1v) is 9.84. The number of halogens is 2. The Morgan fingerprint density at radius 3 is 2.14 bits per heavy atom. The lowest BCUT2D eigenvalue weighted by Gasteiger charge is -2.44. The number of carboxylic acids is 1. The number of amides is 1. The van der Waals surface area contributed by atoms with Gasteiger partial charge in [0, 0.05) is 10.0 Å². The number of carboxylic acid groups (broad SMARTS) is 1. The van der Waals surface area contributed by atoms with Crippen molar-refractivity contribution in [1.82, 2.24) is 4.90 Å². The summed E-state index contributed by atoms with van der Waals surface area (Å²) in [5.74, 6) is -1.36. The number of hydrogen-bond donors (Lipinski definition) is 1. The van der Waals surface area contributed by atoms with Crippen molar-refractivity contribution in [2.75, 3.05) is 6.61 Å². The molecule has 7 heteroatoms. The van der Waals surface area contributed by atoms with Gasteiger partial charge in [-0.1, -0.05) is 60.8 Å². The molecule has 1 aliphatic rings. The van der Waals surface area contributed by atoms with E-state index in [1.165, 1.54) is 4.90 Å². The summed E-state index contributed by atoms with van der Waals surface area (Å²) in [7, 11) is 0. The Balaban J connectivity index is 2.11. The molecule has 0 aliphatic carbocycles. The van der Waals surface area contributed by atoms with Crippen molar-refractivity contribution >= 4 is 35.1 Å². The lowest BCUT2D eigenvalue weighted by atomic mass is 9.91. The zero-order chi connectivity index (χ0) is 20.3. The highest BCUT2D eigenvalue weighted by molar-refractivity contribution is 6.30. The fourth-order valence-electron chi connectivity index (χ4n) is 3.58. The molecule has 3 rings (SSSR count). The molecule has 28 heavy (non-hydrogen) atoms. The van der Waals surface area contributed by atoms with Crippen LogP contribution in [0.25, 0.3) is 0 Å². The Labute approximate surface area is 173 Å². The van der Waals surface area contributed by atoms with E-state index in [-0.39, 0.29) is 12.5 Å². The highest BCUT2D eigenvalue weighted by Crippen LogP contribution is 2.42. The van der Waals surface area contributed by atoms with Gasteiger partial charge in [-0.3, -0.25) is 4.79 Å². The maximum atomic E-state index is 12.8. The van der Waals surface area contributed by atoms with Crippen LogP contribution in [0.4, 0.5) is 0 Å². The average molecular weight is 422 g/mol. The van der Waals surface area contributed by atoms with Gasteiger partial charge >= 0.3 is 5.97 Å². The lowest BCUT2D eigenvalue weighted by Crippen LogP contribution is -2.53. The van der Waals surface area contributed by atoms with E-state index in [0.717, 1.165) is 11.1 Å². The highest BCUT2D eigenvalue weighted by atomic mass is 35.5. The fraction of sp³-hybridized carbons (Fsp3) is 0.333. The summed E-state index contributed by atoms with van der Waals surface area (Å²) in [4.78, 5) is 26.2. The van der Waals surface area contributed by atoms with E-state index in [1.54, 1.807) is 36.4 Å². The minimum absolute atomic E-state index is 0.176. The highest BCUT2D eigenvalue weighted by Gasteiger charge is 2.44. The molecule has 0 aromatic heterocycles. The molecule has 0 radical (unpaired) electrons. The lowest BCUT2D eigenvalue weighted by molar-refractivity contribution is -0.171. The van der Waals surface area contributed by atoms with Crippen LogP contribution < -0.4 is 0 Å². The van der Waals surface area contributed by atoms with Gasteiger partial charge in [0.1, 0.15) is 18.8 Å². The zero-order valence-corrected chi connectivity index (χ0v) is 16.9. The van der Waals surface area contributed by atoms with E-state index < -0.39 is 24.2 Å². The Hall–Kier alpha value is -2.08. The minimum atomic E-state index is -1.02. The van der Waals surface area contributed by atoms with Gasteiger partial charge in [-0.15, -0.1) is 0 Å². The monoisotopic (exact) mass is 421 g/mol. The minimum Gasteiger partial charge on any atom is -0.480 e. The summed E-state index contributed by atoms with van der Waals surface area (Å²) in [6.45, 7) is 1.72. The quantitative estimate of drug-likeness (QED) is 0.720. The van der Waals surface area contributed by atoms with Crippen LogP contribution in [0.15, 0.2) is 48.5 Å². The number of carbonyl (C=O) groups excluding carboxylic acids is 1. The molecule has 1 fully saturated rings. The second-order valence-corrected chi connectivity index (χ2v) is 7.60. The van der Waals surface area contributed by atoms with Crippen molar-refractivity contribution in [1.29, 1.82) is 0 Å². The first kappa shape index (κ1) is 20.6. The predicted molar refractivity (Wildman–Crippen MR) is 108 cm³/mol. The molecule has 0 unspecified atom stereocenters. The zero-order valence-electron chi connectivity index (χ0n) is 15.3. The molecular weight excluding hydrogens is 401 g/mol. The molecule has 2 aromatic carbocycles. The third-order valence-electron chi connectivity index (χ3n) is 4.85. The van der Waals surface area contributed by atoms with E-state index in [0.29, 0.717) is 22.9 Å². The first-order valence-electron chi connectivity index (χ1n) is 9.09. The van der Waals surface area contributed by atoms with E-state index in [2.05, 4.69) is 0 Å². The van der Waals surface area contributed by atoms with Crippen molar-refractivity contribution in [2.24, 2.45) is 0 Å². The third kappa shape index (κ3) is 4.32. The van der Waals surface area contributed by atoms with Crippen LogP contribution in [0.5, 0.6) is 0 Å². The van der Waals surface area contributed by atoms with E-state index >= 15 is 0 Å². The van der Waals surface area contributed by atoms with Gasteiger partial charge < -0.3 is 14.7 Å². The molecule has 1 N–H and O–H groups in total. The normalized spacial score (nSPS) is 20.8. The van der Waals surface area contributed by atoms with Gasteiger partial charge in [0.15, 0.2) is 0 Å². The number of carbonyl (C=O) groups is 2. The summed E-state index contributed by atoms with van der Waals surface area (Å²) in [5, 5.41) is 11.0. The molecule has 2 aromatic rings. The van der Waals surface area contributed by atoms with Crippen LogP contribution in [-0.2, 0) is 14.3 Å². The van der Waals surface area contributed by atoms with Crippen molar-refractivity contribution in [3.63, 3.8) is 0 Å². The van der Waals surface area contributed by atoms with E-state index in [9.17, 15) is 14.7 Å². The van der Waals surface area contributed by atoms with Crippen molar-refractivity contribution in [3.8, 4) is 0 Å². The van der Waals surface area contributed by atoms with Crippen molar-refractivity contribution in [2.45, 2.75) is 38.0 Å². The Kier molecular flexibility index (Phi) is 6.60.